The first-order chi connectivity index (χ1) is 9.29. The van der Waals surface area contributed by atoms with E-state index in [1.165, 1.54) is 6.42 Å². The van der Waals surface area contributed by atoms with Crippen molar-refractivity contribution in [2.45, 2.75) is 30.6 Å². The summed E-state index contributed by atoms with van der Waals surface area (Å²) in [5, 5.41) is 9.55. The van der Waals surface area contributed by atoms with E-state index in [0.717, 1.165) is 29.5 Å². The first kappa shape index (κ1) is 13.0. The number of hydrogen-bond donors (Lipinski definition) is 0. The lowest BCUT2D eigenvalue weighted by molar-refractivity contribution is 0.523. The molecule has 0 amide bonds. The number of nitrogens with zero attached hydrogens (tertiary/aromatic N) is 3. The van der Waals surface area contributed by atoms with E-state index in [-0.39, 0.29) is 0 Å². The number of halogens is 1. The van der Waals surface area contributed by atoms with Crippen LogP contribution in [0.25, 0.3) is 11.4 Å². The summed E-state index contributed by atoms with van der Waals surface area (Å²) in [5.41, 5.74) is 1.08. The summed E-state index contributed by atoms with van der Waals surface area (Å²) in [6, 6.07) is 10.6. The van der Waals surface area contributed by atoms with E-state index in [9.17, 15) is 0 Å². The van der Waals surface area contributed by atoms with Gasteiger partial charge in [-0.05, 0) is 37.1 Å². The Hall–Kier alpha value is -1.00. The summed E-state index contributed by atoms with van der Waals surface area (Å²) in [6.45, 7) is 0. The molecular formula is C14H16ClN3S. The van der Waals surface area contributed by atoms with Gasteiger partial charge in [-0.15, -0.1) is 10.2 Å². The van der Waals surface area contributed by atoms with Crippen molar-refractivity contribution in [3.8, 4) is 11.4 Å². The summed E-state index contributed by atoms with van der Waals surface area (Å²) in [4.78, 5) is 0. The van der Waals surface area contributed by atoms with E-state index in [0.29, 0.717) is 11.3 Å². The predicted molar refractivity (Wildman–Crippen MR) is 80.7 cm³/mol. The second-order valence-corrected chi connectivity index (χ2v) is 6.33. The molecule has 100 valence electrons. The Kier molecular flexibility index (Phi) is 3.80. The first-order valence-electron chi connectivity index (χ1n) is 6.48. The molecule has 1 heterocycles. The average Bonchev–Trinajstić information content (AvgIpc) is 3.05. The number of thioether (sulfide) groups is 1. The zero-order valence-electron chi connectivity index (χ0n) is 10.8. The van der Waals surface area contributed by atoms with Crippen molar-refractivity contribution in [3.05, 3.63) is 35.6 Å². The highest BCUT2D eigenvalue weighted by Gasteiger charge is 2.29. The van der Waals surface area contributed by atoms with Crippen LogP contribution in [0, 0.1) is 0 Å². The molecule has 0 bridgehead atoms. The fourth-order valence-electron chi connectivity index (χ4n) is 2.75. The Labute approximate surface area is 122 Å². The van der Waals surface area contributed by atoms with Crippen molar-refractivity contribution in [2.75, 3.05) is 6.26 Å². The molecule has 1 aliphatic rings. The topological polar surface area (TPSA) is 30.7 Å². The number of aromatic nitrogens is 3. The minimum Gasteiger partial charge on any atom is -0.295 e. The molecule has 1 fully saturated rings. The standard InChI is InChI=1S/C14H16ClN3S/c1-19-12-8-7-11(9-12)18-13(16-17-14(18)15)10-5-3-2-4-6-10/h2-6,11-12H,7-9H2,1H3. The van der Waals surface area contributed by atoms with Crippen LogP contribution < -0.4 is 0 Å². The largest absolute Gasteiger partial charge is 0.295 e. The molecule has 1 aromatic carbocycles. The molecular weight excluding hydrogens is 278 g/mol. The molecule has 19 heavy (non-hydrogen) atoms. The van der Waals surface area contributed by atoms with Crippen LogP contribution in [0.1, 0.15) is 25.3 Å². The smallest absolute Gasteiger partial charge is 0.225 e. The van der Waals surface area contributed by atoms with Gasteiger partial charge in [-0.25, -0.2) is 0 Å². The monoisotopic (exact) mass is 293 g/mol. The van der Waals surface area contributed by atoms with Gasteiger partial charge in [0, 0.05) is 16.9 Å². The third-order valence-corrected chi connectivity index (χ3v) is 5.09. The van der Waals surface area contributed by atoms with Crippen molar-refractivity contribution in [2.24, 2.45) is 0 Å². The van der Waals surface area contributed by atoms with Gasteiger partial charge in [-0.3, -0.25) is 4.57 Å². The zero-order valence-corrected chi connectivity index (χ0v) is 12.4. The van der Waals surface area contributed by atoms with Crippen molar-refractivity contribution < 1.29 is 0 Å². The molecule has 3 nitrogen and oxygen atoms in total. The van der Waals surface area contributed by atoms with E-state index in [2.05, 4.69) is 33.2 Å². The molecule has 1 aromatic heterocycles. The van der Waals surface area contributed by atoms with E-state index in [1.54, 1.807) is 0 Å². The molecule has 1 saturated carbocycles. The van der Waals surface area contributed by atoms with Gasteiger partial charge in [-0.2, -0.15) is 11.8 Å². The van der Waals surface area contributed by atoms with Crippen LogP contribution in [-0.2, 0) is 0 Å². The second kappa shape index (κ2) is 5.55. The van der Waals surface area contributed by atoms with Crippen molar-refractivity contribution >= 4 is 23.4 Å². The summed E-state index contributed by atoms with van der Waals surface area (Å²) < 4.78 is 2.10. The van der Waals surface area contributed by atoms with Gasteiger partial charge in [0.05, 0.1) is 0 Å². The predicted octanol–water partition coefficient (Wildman–Crippen LogP) is 4.06. The Morgan fingerprint density at radius 2 is 2.00 bits per heavy atom. The third-order valence-electron chi connectivity index (χ3n) is 3.74. The van der Waals surface area contributed by atoms with Crippen LogP contribution in [0.15, 0.2) is 30.3 Å². The highest BCUT2D eigenvalue weighted by Crippen LogP contribution is 2.39. The Bertz CT molecular complexity index is 555. The lowest BCUT2D eigenvalue weighted by Gasteiger charge is -2.15. The fourth-order valence-corrected chi connectivity index (χ4v) is 3.79. The number of benzene rings is 1. The van der Waals surface area contributed by atoms with Crippen LogP contribution in [-0.4, -0.2) is 26.3 Å². The van der Waals surface area contributed by atoms with Crippen LogP contribution in [0.4, 0.5) is 0 Å². The van der Waals surface area contributed by atoms with Gasteiger partial charge in [0.1, 0.15) is 0 Å². The Balaban J connectivity index is 1.96. The van der Waals surface area contributed by atoms with Crippen LogP contribution in [0.2, 0.25) is 5.28 Å². The van der Waals surface area contributed by atoms with Gasteiger partial charge in [0.2, 0.25) is 5.28 Å². The highest BCUT2D eigenvalue weighted by atomic mass is 35.5. The molecule has 1 aliphatic carbocycles. The molecule has 2 unspecified atom stereocenters. The van der Waals surface area contributed by atoms with Gasteiger partial charge >= 0.3 is 0 Å². The highest BCUT2D eigenvalue weighted by molar-refractivity contribution is 7.99. The fraction of sp³-hybridized carbons (Fsp3) is 0.429. The van der Waals surface area contributed by atoms with Gasteiger partial charge in [-0.1, -0.05) is 30.3 Å². The van der Waals surface area contributed by atoms with Gasteiger partial charge < -0.3 is 0 Å². The summed E-state index contributed by atoms with van der Waals surface area (Å²) >= 11 is 8.19. The first-order valence-corrected chi connectivity index (χ1v) is 8.15. The summed E-state index contributed by atoms with van der Waals surface area (Å²) in [7, 11) is 0. The van der Waals surface area contributed by atoms with Gasteiger partial charge in [0.25, 0.3) is 0 Å². The van der Waals surface area contributed by atoms with Crippen molar-refractivity contribution in [1.29, 1.82) is 0 Å². The number of hydrogen-bond acceptors (Lipinski definition) is 3. The number of rotatable bonds is 3. The maximum atomic E-state index is 6.25. The molecule has 0 radical (unpaired) electrons. The summed E-state index contributed by atoms with van der Waals surface area (Å²) in [6.07, 6.45) is 5.73. The minimum absolute atomic E-state index is 0.426. The lowest BCUT2D eigenvalue weighted by atomic mass is 10.2. The quantitative estimate of drug-likeness (QED) is 0.855. The van der Waals surface area contributed by atoms with E-state index in [1.807, 2.05) is 30.0 Å². The van der Waals surface area contributed by atoms with E-state index >= 15 is 0 Å². The van der Waals surface area contributed by atoms with Crippen molar-refractivity contribution in [3.63, 3.8) is 0 Å². The molecule has 2 atom stereocenters. The Morgan fingerprint density at radius 3 is 2.68 bits per heavy atom. The average molecular weight is 294 g/mol. The second-order valence-electron chi connectivity index (χ2n) is 4.85. The van der Waals surface area contributed by atoms with Crippen LogP contribution >= 0.6 is 23.4 Å². The van der Waals surface area contributed by atoms with Crippen LogP contribution in [0.3, 0.4) is 0 Å². The minimum atomic E-state index is 0.426. The maximum Gasteiger partial charge on any atom is 0.225 e. The van der Waals surface area contributed by atoms with Gasteiger partial charge in [0.15, 0.2) is 5.82 Å². The molecule has 2 aromatic rings. The van der Waals surface area contributed by atoms with E-state index in [4.69, 9.17) is 11.6 Å². The summed E-state index contributed by atoms with van der Waals surface area (Å²) in [5.74, 6) is 0.886. The normalized spacial score (nSPS) is 22.8. The molecule has 5 heteroatoms. The van der Waals surface area contributed by atoms with E-state index < -0.39 is 0 Å². The Morgan fingerprint density at radius 1 is 1.21 bits per heavy atom. The molecule has 0 N–H and O–H groups in total. The maximum absolute atomic E-state index is 6.25. The zero-order chi connectivity index (χ0) is 13.2. The molecule has 3 rings (SSSR count). The third kappa shape index (κ3) is 2.51. The molecule has 0 aliphatic heterocycles. The molecule has 0 saturated heterocycles. The van der Waals surface area contributed by atoms with Crippen molar-refractivity contribution in [1.82, 2.24) is 14.8 Å². The lowest BCUT2D eigenvalue weighted by Crippen LogP contribution is -2.08. The SMILES string of the molecule is CSC1CCC(n2c(Cl)nnc2-c2ccccc2)C1. The van der Waals surface area contributed by atoms with Crippen LogP contribution in [0.5, 0.6) is 0 Å². The molecule has 0 spiro atoms.